The molecule has 1 fully saturated rings. The van der Waals surface area contributed by atoms with Crippen LogP contribution >= 0.6 is 0 Å². The molecule has 0 aromatic carbocycles. The molecule has 102 valence electrons. The monoisotopic (exact) mass is 253 g/mol. The van der Waals surface area contributed by atoms with Crippen molar-refractivity contribution in [1.29, 1.82) is 0 Å². The number of carbonyl (C=O) groups is 3. The highest BCUT2D eigenvalue weighted by Crippen LogP contribution is 2.33. The summed E-state index contributed by atoms with van der Waals surface area (Å²) in [6.45, 7) is 9.28. The molecule has 0 spiro atoms. The molecule has 3 atom stereocenters. The van der Waals surface area contributed by atoms with Crippen molar-refractivity contribution in [3.8, 4) is 0 Å². The van der Waals surface area contributed by atoms with Crippen LogP contribution in [-0.4, -0.2) is 29.0 Å². The van der Waals surface area contributed by atoms with Gasteiger partial charge in [0, 0.05) is 23.8 Å². The zero-order valence-electron chi connectivity index (χ0n) is 11.9. The standard InChI is InChI=1S/C14H23NO3/c1-6-9(2)11-7-12(17)15(13(11)18)10(3)14(4,5)8-16/h8-11H,6-7H2,1-5H3. The van der Waals surface area contributed by atoms with Gasteiger partial charge >= 0.3 is 0 Å². The average molecular weight is 253 g/mol. The van der Waals surface area contributed by atoms with E-state index in [9.17, 15) is 14.4 Å². The van der Waals surface area contributed by atoms with Crippen molar-refractivity contribution >= 4 is 18.1 Å². The number of rotatable bonds is 5. The van der Waals surface area contributed by atoms with E-state index < -0.39 is 5.41 Å². The molecule has 0 radical (unpaired) electrons. The van der Waals surface area contributed by atoms with Crippen LogP contribution < -0.4 is 0 Å². The van der Waals surface area contributed by atoms with E-state index in [-0.39, 0.29) is 36.1 Å². The van der Waals surface area contributed by atoms with Gasteiger partial charge < -0.3 is 4.79 Å². The minimum atomic E-state index is -0.699. The Labute approximate surface area is 109 Å². The van der Waals surface area contributed by atoms with Gasteiger partial charge in [0.05, 0.1) is 0 Å². The van der Waals surface area contributed by atoms with Crippen LogP contribution in [0.2, 0.25) is 0 Å². The van der Waals surface area contributed by atoms with Crippen LogP contribution in [0.1, 0.15) is 47.5 Å². The largest absolute Gasteiger partial charge is 0.303 e. The molecule has 1 heterocycles. The van der Waals surface area contributed by atoms with E-state index in [0.29, 0.717) is 0 Å². The summed E-state index contributed by atoms with van der Waals surface area (Å²) in [7, 11) is 0. The van der Waals surface area contributed by atoms with Crippen molar-refractivity contribution in [2.75, 3.05) is 0 Å². The number of carbonyl (C=O) groups excluding carboxylic acids is 3. The molecule has 0 bridgehead atoms. The fourth-order valence-electron chi connectivity index (χ4n) is 2.24. The zero-order chi connectivity index (χ0) is 14.1. The van der Waals surface area contributed by atoms with Gasteiger partial charge in [0.2, 0.25) is 11.8 Å². The molecule has 3 unspecified atom stereocenters. The molecule has 2 amide bonds. The first-order valence-corrected chi connectivity index (χ1v) is 6.58. The van der Waals surface area contributed by atoms with Gasteiger partial charge in [-0.15, -0.1) is 0 Å². The van der Waals surface area contributed by atoms with E-state index >= 15 is 0 Å². The second kappa shape index (κ2) is 5.21. The highest BCUT2D eigenvalue weighted by molar-refractivity contribution is 6.04. The average Bonchev–Trinajstić information content (AvgIpc) is 2.63. The highest BCUT2D eigenvalue weighted by atomic mass is 16.2. The molecule has 1 saturated heterocycles. The first-order valence-electron chi connectivity index (χ1n) is 6.58. The summed E-state index contributed by atoms with van der Waals surface area (Å²) in [5.41, 5.74) is -0.699. The summed E-state index contributed by atoms with van der Waals surface area (Å²) in [4.78, 5) is 36.7. The summed E-state index contributed by atoms with van der Waals surface area (Å²) in [6.07, 6.45) is 1.98. The summed E-state index contributed by atoms with van der Waals surface area (Å²) in [6, 6.07) is -0.385. The Morgan fingerprint density at radius 1 is 1.39 bits per heavy atom. The van der Waals surface area contributed by atoms with Crippen LogP contribution in [0.5, 0.6) is 0 Å². The third-order valence-electron chi connectivity index (χ3n) is 4.32. The maximum absolute atomic E-state index is 12.3. The van der Waals surface area contributed by atoms with E-state index in [1.54, 1.807) is 20.8 Å². The topological polar surface area (TPSA) is 54.5 Å². The Hall–Kier alpha value is -1.19. The number of hydrogen-bond donors (Lipinski definition) is 0. The van der Waals surface area contributed by atoms with Crippen LogP contribution in [0.3, 0.4) is 0 Å². The van der Waals surface area contributed by atoms with Gasteiger partial charge in [0.1, 0.15) is 6.29 Å². The van der Waals surface area contributed by atoms with E-state index in [4.69, 9.17) is 0 Å². The Balaban J connectivity index is 2.95. The van der Waals surface area contributed by atoms with Gasteiger partial charge in [0.15, 0.2) is 0 Å². The molecule has 1 rings (SSSR count). The first kappa shape index (κ1) is 14.9. The van der Waals surface area contributed by atoms with Crippen LogP contribution in [0, 0.1) is 17.3 Å². The highest BCUT2D eigenvalue weighted by Gasteiger charge is 2.46. The van der Waals surface area contributed by atoms with Crippen LogP contribution in [0.25, 0.3) is 0 Å². The fourth-order valence-corrected chi connectivity index (χ4v) is 2.24. The van der Waals surface area contributed by atoms with Crippen molar-refractivity contribution in [3.05, 3.63) is 0 Å². The molecule has 1 aliphatic rings. The van der Waals surface area contributed by atoms with Crippen molar-refractivity contribution in [3.63, 3.8) is 0 Å². The lowest BCUT2D eigenvalue weighted by atomic mass is 9.86. The van der Waals surface area contributed by atoms with Crippen LogP contribution in [0.15, 0.2) is 0 Å². The number of amides is 2. The molecule has 0 aromatic heterocycles. The predicted octanol–water partition coefficient (Wildman–Crippen LogP) is 2.02. The lowest BCUT2D eigenvalue weighted by Crippen LogP contribution is -2.47. The molecule has 18 heavy (non-hydrogen) atoms. The van der Waals surface area contributed by atoms with Gasteiger partial charge in [-0.2, -0.15) is 0 Å². The van der Waals surface area contributed by atoms with Crippen molar-refractivity contribution < 1.29 is 14.4 Å². The quantitative estimate of drug-likeness (QED) is 0.556. The van der Waals surface area contributed by atoms with E-state index in [2.05, 4.69) is 0 Å². The molecule has 0 saturated carbocycles. The van der Waals surface area contributed by atoms with E-state index in [1.807, 2.05) is 13.8 Å². The Kier molecular flexibility index (Phi) is 4.30. The summed E-state index contributed by atoms with van der Waals surface area (Å²) >= 11 is 0. The van der Waals surface area contributed by atoms with Gasteiger partial charge in [-0.25, -0.2) is 0 Å². The summed E-state index contributed by atoms with van der Waals surface area (Å²) < 4.78 is 0. The van der Waals surface area contributed by atoms with Crippen molar-refractivity contribution in [2.24, 2.45) is 17.3 Å². The van der Waals surface area contributed by atoms with E-state index in [1.165, 1.54) is 4.90 Å². The van der Waals surface area contributed by atoms with Crippen molar-refractivity contribution in [2.45, 2.75) is 53.5 Å². The van der Waals surface area contributed by atoms with Crippen LogP contribution in [0.4, 0.5) is 0 Å². The maximum atomic E-state index is 12.3. The third kappa shape index (κ3) is 2.47. The van der Waals surface area contributed by atoms with Gasteiger partial charge in [-0.1, -0.05) is 34.1 Å². The van der Waals surface area contributed by atoms with Crippen LogP contribution in [-0.2, 0) is 14.4 Å². The minimum Gasteiger partial charge on any atom is -0.303 e. The predicted molar refractivity (Wildman–Crippen MR) is 68.7 cm³/mol. The zero-order valence-corrected chi connectivity index (χ0v) is 11.9. The Bertz CT molecular complexity index is 362. The molecule has 0 aliphatic carbocycles. The second-order valence-electron chi connectivity index (χ2n) is 5.91. The smallest absolute Gasteiger partial charge is 0.233 e. The van der Waals surface area contributed by atoms with Gasteiger partial charge in [-0.3, -0.25) is 14.5 Å². The second-order valence-corrected chi connectivity index (χ2v) is 5.91. The Morgan fingerprint density at radius 3 is 2.39 bits per heavy atom. The molecular formula is C14H23NO3. The Morgan fingerprint density at radius 2 is 1.94 bits per heavy atom. The first-order chi connectivity index (χ1) is 8.26. The normalized spacial score (nSPS) is 24.3. The van der Waals surface area contributed by atoms with Gasteiger partial charge in [0.25, 0.3) is 0 Å². The van der Waals surface area contributed by atoms with E-state index in [0.717, 1.165) is 12.7 Å². The molecule has 1 aliphatic heterocycles. The number of aldehydes is 1. The number of likely N-dealkylation sites (tertiary alicyclic amines) is 1. The maximum Gasteiger partial charge on any atom is 0.233 e. The summed E-state index contributed by atoms with van der Waals surface area (Å²) in [5, 5.41) is 0. The molecular weight excluding hydrogens is 230 g/mol. The number of imide groups is 1. The SMILES string of the molecule is CCC(C)C1CC(=O)N(C(C)C(C)(C)C=O)C1=O. The number of nitrogens with zero attached hydrogens (tertiary/aromatic N) is 1. The molecule has 0 N–H and O–H groups in total. The van der Waals surface area contributed by atoms with Crippen molar-refractivity contribution in [1.82, 2.24) is 4.90 Å². The number of hydrogen-bond acceptors (Lipinski definition) is 3. The fraction of sp³-hybridized carbons (Fsp3) is 0.786. The summed E-state index contributed by atoms with van der Waals surface area (Å²) in [5.74, 6) is -0.269. The van der Waals surface area contributed by atoms with Gasteiger partial charge in [-0.05, 0) is 12.8 Å². The minimum absolute atomic E-state index is 0.114. The molecule has 0 aromatic rings. The third-order valence-corrected chi connectivity index (χ3v) is 4.32. The lowest BCUT2D eigenvalue weighted by Gasteiger charge is -2.33. The lowest BCUT2D eigenvalue weighted by molar-refractivity contribution is -0.145. The molecule has 4 nitrogen and oxygen atoms in total. The molecule has 4 heteroatoms.